The summed E-state index contributed by atoms with van der Waals surface area (Å²) in [5, 5.41) is 3.92. The van der Waals surface area contributed by atoms with E-state index in [1.807, 2.05) is 60.7 Å². The second kappa shape index (κ2) is 11.8. The van der Waals surface area contributed by atoms with Crippen molar-refractivity contribution in [1.82, 2.24) is 4.90 Å². The molecule has 1 saturated heterocycles. The van der Waals surface area contributed by atoms with Crippen molar-refractivity contribution < 1.29 is 9.59 Å². The molecule has 1 fully saturated rings. The van der Waals surface area contributed by atoms with Crippen molar-refractivity contribution >= 4 is 63.0 Å². The number of nitrogens with one attached hydrogen (secondary N) is 1. The number of thioether (sulfide) groups is 1. The fourth-order valence-corrected chi connectivity index (χ4v) is 4.18. The molecule has 4 rings (SSSR count). The topological polar surface area (TPSA) is 61.8 Å². The molecule has 1 aliphatic rings. The van der Waals surface area contributed by atoms with Crippen LogP contribution in [0.25, 0.3) is 0 Å². The van der Waals surface area contributed by atoms with Crippen LogP contribution in [0, 0.1) is 0 Å². The second-order valence-electron chi connectivity index (χ2n) is 7.07. The summed E-state index contributed by atoms with van der Waals surface area (Å²) in [4.78, 5) is 32.2. The lowest BCUT2D eigenvalue weighted by atomic mass is 10.2. The second-order valence-corrected chi connectivity index (χ2v) is 8.51. The molecule has 3 aromatic carbocycles. The number of hydrogen-bond donors (Lipinski definition) is 1. The smallest absolute Gasteiger partial charge is 0.267 e. The van der Waals surface area contributed by atoms with E-state index >= 15 is 0 Å². The maximum Gasteiger partial charge on any atom is 0.267 e. The number of nitrogens with zero attached hydrogens (tertiary/aromatic N) is 2. The van der Waals surface area contributed by atoms with Gasteiger partial charge in [-0.3, -0.25) is 19.5 Å². The van der Waals surface area contributed by atoms with Crippen molar-refractivity contribution in [1.29, 1.82) is 0 Å². The lowest BCUT2D eigenvalue weighted by molar-refractivity contribution is -0.123. The molecule has 2 amide bonds. The van der Waals surface area contributed by atoms with Crippen LogP contribution in [0.4, 0.5) is 5.69 Å². The van der Waals surface area contributed by atoms with Crippen molar-refractivity contribution in [2.24, 2.45) is 4.99 Å². The van der Waals surface area contributed by atoms with E-state index in [0.717, 1.165) is 11.1 Å². The normalized spacial score (nSPS) is 15.5. The third kappa shape index (κ3) is 6.81. The van der Waals surface area contributed by atoms with E-state index in [-0.39, 0.29) is 28.8 Å². The van der Waals surface area contributed by atoms with Crippen LogP contribution in [0.2, 0.25) is 5.02 Å². The molecule has 33 heavy (non-hydrogen) atoms. The van der Waals surface area contributed by atoms with Crippen molar-refractivity contribution in [2.45, 2.75) is 13.1 Å². The lowest BCUT2D eigenvalue weighted by Crippen LogP contribution is -2.29. The van der Waals surface area contributed by atoms with Gasteiger partial charge in [0.25, 0.3) is 5.91 Å². The molecule has 1 aliphatic heterocycles. The third-order valence-corrected chi connectivity index (χ3v) is 5.98. The highest BCUT2D eigenvalue weighted by Gasteiger charge is 2.33. The first-order valence-corrected chi connectivity index (χ1v) is 11.2. The van der Waals surface area contributed by atoms with Crippen LogP contribution in [0.1, 0.15) is 11.1 Å². The standard InChI is InChI=1S/C25H20ClN3O2S.BrH/c26-20-11-13-21(14-12-20)28-23(30)15-22-24(31)29(17-19-9-5-2-6-10-19)25(32-22)27-16-18-7-3-1-4-8-18;/h1-15H,16-17H2,(H,28,30);1H/b22-15-,27-25?;. The van der Waals surface area contributed by atoms with Gasteiger partial charge >= 0.3 is 0 Å². The Balaban J connectivity index is 0.00000306. The minimum atomic E-state index is -0.382. The van der Waals surface area contributed by atoms with Crippen molar-refractivity contribution in [3.05, 3.63) is 112 Å². The Bertz CT molecular complexity index is 1170. The van der Waals surface area contributed by atoms with E-state index in [1.54, 1.807) is 29.2 Å². The van der Waals surface area contributed by atoms with Gasteiger partial charge in [-0.25, -0.2) is 0 Å². The number of amidine groups is 1. The summed E-state index contributed by atoms with van der Waals surface area (Å²) in [6, 6.07) is 26.3. The predicted molar refractivity (Wildman–Crippen MR) is 141 cm³/mol. The van der Waals surface area contributed by atoms with Crippen LogP contribution in [0.15, 0.2) is 101 Å². The van der Waals surface area contributed by atoms with Crippen LogP contribution >= 0.6 is 40.3 Å². The Labute approximate surface area is 212 Å². The molecule has 0 spiro atoms. The molecule has 0 radical (unpaired) electrons. The highest BCUT2D eigenvalue weighted by molar-refractivity contribution is 8.93. The Morgan fingerprint density at radius 3 is 2.18 bits per heavy atom. The zero-order valence-corrected chi connectivity index (χ0v) is 20.8. The average molecular weight is 543 g/mol. The van der Waals surface area contributed by atoms with E-state index in [0.29, 0.717) is 33.9 Å². The Kier molecular flexibility index (Phi) is 8.88. The van der Waals surface area contributed by atoms with Gasteiger partial charge in [-0.05, 0) is 47.2 Å². The molecule has 0 aromatic heterocycles. The monoisotopic (exact) mass is 541 g/mol. The minimum Gasteiger partial charge on any atom is -0.322 e. The van der Waals surface area contributed by atoms with Gasteiger partial charge < -0.3 is 5.32 Å². The van der Waals surface area contributed by atoms with E-state index in [1.165, 1.54) is 17.8 Å². The Hall–Kier alpha value is -2.87. The van der Waals surface area contributed by atoms with Crippen molar-refractivity contribution in [2.75, 3.05) is 5.32 Å². The molecule has 0 bridgehead atoms. The van der Waals surface area contributed by atoms with E-state index in [2.05, 4.69) is 10.3 Å². The third-order valence-electron chi connectivity index (χ3n) is 4.69. The van der Waals surface area contributed by atoms with Gasteiger partial charge in [-0.15, -0.1) is 17.0 Å². The van der Waals surface area contributed by atoms with Crippen LogP contribution in [-0.2, 0) is 22.7 Å². The molecule has 5 nitrogen and oxygen atoms in total. The Morgan fingerprint density at radius 1 is 0.939 bits per heavy atom. The number of hydrogen-bond acceptors (Lipinski definition) is 4. The van der Waals surface area contributed by atoms with E-state index < -0.39 is 0 Å². The zero-order valence-electron chi connectivity index (χ0n) is 17.5. The number of carbonyl (C=O) groups excluding carboxylic acids is 2. The SMILES string of the molecule is Br.O=C(/C=C1\SC(=NCc2ccccc2)N(Cc2ccccc2)C1=O)Nc1ccc(Cl)cc1. The number of aliphatic imine (C=N–C) groups is 1. The van der Waals surface area contributed by atoms with Crippen LogP contribution in [-0.4, -0.2) is 21.9 Å². The lowest BCUT2D eigenvalue weighted by Gasteiger charge is -2.15. The molecule has 3 aromatic rings. The van der Waals surface area contributed by atoms with Gasteiger partial charge in [-0.1, -0.05) is 72.3 Å². The summed E-state index contributed by atoms with van der Waals surface area (Å²) < 4.78 is 0. The summed E-state index contributed by atoms with van der Waals surface area (Å²) in [6.45, 7) is 0.836. The van der Waals surface area contributed by atoms with Crippen LogP contribution in [0.3, 0.4) is 0 Å². The fraction of sp³-hybridized carbons (Fsp3) is 0.0800. The van der Waals surface area contributed by atoms with E-state index in [9.17, 15) is 9.59 Å². The van der Waals surface area contributed by atoms with Gasteiger partial charge in [0.2, 0.25) is 5.91 Å². The van der Waals surface area contributed by atoms with Gasteiger partial charge in [0, 0.05) is 16.8 Å². The first-order chi connectivity index (χ1) is 15.6. The summed E-state index contributed by atoms with van der Waals surface area (Å²) in [5.74, 6) is -0.621. The number of halogens is 2. The largest absolute Gasteiger partial charge is 0.322 e. The molecule has 168 valence electrons. The molecular weight excluding hydrogens is 522 g/mol. The summed E-state index contributed by atoms with van der Waals surface area (Å²) in [7, 11) is 0. The number of anilines is 1. The minimum absolute atomic E-state index is 0. The summed E-state index contributed by atoms with van der Waals surface area (Å²) in [6.07, 6.45) is 1.32. The van der Waals surface area contributed by atoms with Gasteiger partial charge in [-0.2, -0.15) is 0 Å². The summed E-state index contributed by atoms with van der Waals surface area (Å²) in [5.41, 5.74) is 2.64. The van der Waals surface area contributed by atoms with E-state index in [4.69, 9.17) is 11.6 Å². The number of carbonyl (C=O) groups is 2. The molecule has 1 heterocycles. The van der Waals surface area contributed by atoms with Crippen molar-refractivity contribution in [3.63, 3.8) is 0 Å². The van der Waals surface area contributed by atoms with Crippen LogP contribution in [0.5, 0.6) is 0 Å². The quantitative estimate of drug-likeness (QED) is 0.385. The Morgan fingerprint density at radius 2 is 1.55 bits per heavy atom. The molecule has 0 saturated carbocycles. The van der Waals surface area contributed by atoms with Gasteiger partial charge in [0.15, 0.2) is 5.17 Å². The summed E-state index contributed by atoms with van der Waals surface area (Å²) >= 11 is 7.10. The van der Waals surface area contributed by atoms with Gasteiger partial charge in [0.05, 0.1) is 18.0 Å². The molecule has 0 aliphatic carbocycles. The first kappa shape index (κ1) is 24.8. The zero-order chi connectivity index (χ0) is 22.3. The number of amides is 2. The number of rotatable bonds is 6. The molecular formula is C25H21BrClN3O2S. The maximum atomic E-state index is 13.1. The molecule has 0 unspecified atom stereocenters. The highest BCUT2D eigenvalue weighted by Crippen LogP contribution is 2.32. The molecule has 8 heteroatoms. The average Bonchev–Trinajstić information content (AvgIpc) is 3.09. The predicted octanol–water partition coefficient (Wildman–Crippen LogP) is 6.07. The van der Waals surface area contributed by atoms with Crippen LogP contribution < -0.4 is 5.32 Å². The highest BCUT2D eigenvalue weighted by atomic mass is 79.9. The van der Waals surface area contributed by atoms with Crippen molar-refractivity contribution in [3.8, 4) is 0 Å². The molecule has 0 atom stereocenters. The van der Waals surface area contributed by atoms with Gasteiger partial charge in [0.1, 0.15) is 0 Å². The molecule has 1 N–H and O–H groups in total. The number of benzene rings is 3. The maximum absolute atomic E-state index is 13.1. The fourth-order valence-electron chi connectivity index (χ4n) is 3.10. The first-order valence-electron chi connectivity index (χ1n) is 9.99.